The molecule has 2 aliphatic carbocycles. The topological polar surface area (TPSA) is 95.0 Å². The summed E-state index contributed by atoms with van der Waals surface area (Å²) in [6, 6.07) is 21.2. The minimum atomic E-state index is -1.38. The van der Waals surface area contributed by atoms with E-state index >= 15 is 0 Å². The lowest BCUT2D eigenvalue weighted by atomic mass is 9.51. The Morgan fingerprint density at radius 3 is 2.30 bits per heavy atom. The highest BCUT2D eigenvalue weighted by Gasteiger charge is 2.68. The van der Waals surface area contributed by atoms with Gasteiger partial charge >= 0.3 is 0 Å². The molecule has 4 aromatic rings. The van der Waals surface area contributed by atoms with Crippen molar-refractivity contribution in [3.05, 3.63) is 112 Å². The quantitative estimate of drug-likeness (QED) is 0.181. The lowest BCUT2D eigenvalue weighted by molar-refractivity contribution is -0.131. The molecule has 3 fully saturated rings. The van der Waals surface area contributed by atoms with Gasteiger partial charge in [0.25, 0.3) is 0 Å². The number of rotatable bonds is 3. The second kappa shape index (κ2) is 10.5. The molecule has 236 valence electrons. The molecule has 0 aromatic heterocycles. The molecule has 6 atom stereocenters. The molecule has 0 bridgehead atoms. The van der Waals surface area contributed by atoms with E-state index in [0.717, 1.165) is 21.9 Å². The van der Waals surface area contributed by atoms with Gasteiger partial charge in [-0.25, -0.2) is 9.29 Å². The summed E-state index contributed by atoms with van der Waals surface area (Å²) in [6.07, 6.45) is 2.33. The van der Waals surface area contributed by atoms with Gasteiger partial charge in [0.15, 0.2) is 0 Å². The summed E-state index contributed by atoms with van der Waals surface area (Å²) in [5, 5.41) is 13.4. The summed E-state index contributed by atoms with van der Waals surface area (Å²) in [4.78, 5) is 59.3. The maximum atomic E-state index is 14.6. The summed E-state index contributed by atoms with van der Waals surface area (Å²) in [5.41, 5.74) is 0.372. The zero-order valence-corrected chi connectivity index (χ0v) is 26.5. The highest BCUT2D eigenvalue weighted by Crippen LogP contribution is 2.64. The lowest BCUT2D eigenvalue weighted by Crippen LogP contribution is -2.48. The summed E-state index contributed by atoms with van der Waals surface area (Å²) in [6.45, 7) is 1.73. The predicted molar refractivity (Wildman–Crippen MR) is 176 cm³/mol. The average molecular weight is 670 g/mol. The standard InChI is InChI=1S/C37H27Cl2FN2O5/c1-37-27(34(45)42(36(37)47)21-11-15-29(40)28(39)16-21)17-26-23(31(37)25-12-6-18-4-2-3-5-22(18)32(25)43)13-14-24-30(26)35(46)41(33(24)44)20-9-7-19(38)8-10-20/h2-13,15-16,24,26-27,30-31,43H,14,17H2,1H3/t24-,26+,27-,30-,31+,37+/m0/s1. The van der Waals surface area contributed by atoms with Gasteiger partial charge in [-0.05, 0) is 73.5 Å². The Balaban J connectivity index is 1.30. The number of amides is 4. The van der Waals surface area contributed by atoms with Crippen LogP contribution in [0.3, 0.4) is 0 Å². The Hall–Kier alpha value is -4.53. The van der Waals surface area contributed by atoms with Crippen molar-refractivity contribution in [3.63, 3.8) is 0 Å². The van der Waals surface area contributed by atoms with E-state index < -0.39 is 52.6 Å². The molecule has 1 N–H and O–H groups in total. The zero-order chi connectivity index (χ0) is 32.9. The van der Waals surface area contributed by atoms with Gasteiger partial charge in [0, 0.05) is 21.9 Å². The van der Waals surface area contributed by atoms with E-state index in [1.54, 1.807) is 43.3 Å². The third kappa shape index (κ3) is 4.10. The van der Waals surface area contributed by atoms with Gasteiger partial charge < -0.3 is 5.11 Å². The van der Waals surface area contributed by atoms with Crippen LogP contribution < -0.4 is 9.80 Å². The van der Waals surface area contributed by atoms with Crippen LogP contribution in [0.1, 0.15) is 31.2 Å². The molecule has 8 rings (SSSR count). The van der Waals surface area contributed by atoms with Crippen LogP contribution in [0.15, 0.2) is 90.5 Å². The first-order valence-electron chi connectivity index (χ1n) is 15.4. The molecule has 2 aliphatic heterocycles. The van der Waals surface area contributed by atoms with Crippen LogP contribution in [0.5, 0.6) is 5.75 Å². The third-order valence-corrected chi connectivity index (χ3v) is 11.3. The van der Waals surface area contributed by atoms with Crippen LogP contribution >= 0.6 is 23.2 Å². The van der Waals surface area contributed by atoms with Crippen molar-refractivity contribution in [2.75, 3.05) is 9.80 Å². The van der Waals surface area contributed by atoms with Gasteiger partial charge in [-0.2, -0.15) is 0 Å². The molecule has 4 aromatic carbocycles. The highest BCUT2D eigenvalue weighted by atomic mass is 35.5. The van der Waals surface area contributed by atoms with Crippen molar-refractivity contribution >= 4 is 69.0 Å². The molecule has 10 heteroatoms. The highest BCUT2D eigenvalue weighted by molar-refractivity contribution is 6.32. The number of aromatic hydroxyl groups is 1. The van der Waals surface area contributed by atoms with Crippen LogP contribution in [-0.2, 0) is 19.2 Å². The van der Waals surface area contributed by atoms with Gasteiger partial charge in [0.1, 0.15) is 11.6 Å². The van der Waals surface area contributed by atoms with E-state index in [4.69, 9.17) is 23.2 Å². The first-order chi connectivity index (χ1) is 22.5. The molecule has 1 saturated carbocycles. The summed E-state index contributed by atoms with van der Waals surface area (Å²) in [7, 11) is 0. The Morgan fingerprint density at radius 2 is 1.55 bits per heavy atom. The van der Waals surface area contributed by atoms with Gasteiger partial charge in [0.2, 0.25) is 23.6 Å². The van der Waals surface area contributed by atoms with Crippen molar-refractivity contribution in [1.29, 1.82) is 0 Å². The average Bonchev–Trinajstić information content (AvgIpc) is 3.43. The number of benzene rings is 4. The van der Waals surface area contributed by atoms with Crippen molar-refractivity contribution in [2.45, 2.75) is 25.7 Å². The number of nitrogens with zero attached hydrogens (tertiary/aromatic N) is 2. The fraction of sp³-hybridized carbons (Fsp3) is 0.243. The smallest absolute Gasteiger partial charge is 0.241 e. The van der Waals surface area contributed by atoms with E-state index in [2.05, 4.69) is 0 Å². The van der Waals surface area contributed by atoms with Gasteiger partial charge in [0.05, 0.1) is 39.6 Å². The minimum absolute atomic E-state index is 0.0168. The molecule has 47 heavy (non-hydrogen) atoms. The molecule has 4 aliphatic rings. The SMILES string of the molecule is C[C@@]12C(=O)N(c3ccc(F)c(Cl)c3)C(=O)[C@@H]1C[C@@H]1C(=CC[C@@H]3C(=O)N(c4ccc(Cl)cc4)C(=O)[C@@H]31)[C@@H]2c1ccc2ccccc2c1O. The summed E-state index contributed by atoms with van der Waals surface area (Å²) in [5.74, 6) is -6.12. The first kappa shape index (κ1) is 29.8. The van der Waals surface area contributed by atoms with Gasteiger partial charge in [-0.3, -0.25) is 24.1 Å². The second-order valence-electron chi connectivity index (χ2n) is 13.0. The second-order valence-corrected chi connectivity index (χ2v) is 13.8. The lowest BCUT2D eigenvalue weighted by Gasteiger charge is -2.49. The minimum Gasteiger partial charge on any atom is -0.507 e. The maximum Gasteiger partial charge on any atom is 0.241 e. The third-order valence-electron chi connectivity index (χ3n) is 10.8. The van der Waals surface area contributed by atoms with E-state index in [0.29, 0.717) is 21.7 Å². The molecule has 7 nitrogen and oxygen atoms in total. The number of hydrogen-bond acceptors (Lipinski definition) is 5. The molecular weight excluding hydrogens is 642 g/mol. The fourth-order valence-electron chi connectivity index (χ4n) is 8.58. The molecule has 2 saturated heterocycles. The van der Waals surface area contributed by atoms with Crippen molar-refractivity contribution < 1.29 is 28.7 Å². The van der Waals surface area contributed by atoms with Crippen LogP contribution in [0.4, 0.5) is 15.8 Å². The molecule has 4 amide bonds. The molecule has 0 radical (unpaired) electrons. The Bertz CT molecular complexity index is 2100. The number of phenols is 1. The fourth-order valence-corrected chi connectivity index (χ4v) is 8.88. The number of carbonyl (C=O) groups excluding carboxylic acids is 4. The summed E-state index contributed by atoms with van der Waals surface area (Å²) < 4.78 is 14.1. The molecular formula is C37H27Cl2FN2O5. The van der Waals surface area contributed by atoms with Crippen LogP contribution in [0.2, 0.25) is 10.0 Å². The van der Waals surface area contributed by atoms with Crippen LogP contribution in [0.25, 0.3) is 10.8 Å². The number of phenolic OH excluding ortho intramolecular Hbond substituents is 1. The number of carbonyl (C=O) groups is 4. The van der Waals surface area contributed by atoms with Crippen molar-refractivity contribution in [2.24, 2.45) is 29.1 Å². The molecule has 0 unspecified atom stereocenters. The number of imide groups is 2. The molecule has 0 spiro atoms. The Labute approximate surface area is 279 Å². The van der Waals surface area contributed by atoms with E-state index in [9.17, 15) is 28.7 Å². The number of halogens is 3. The number of fused-ring (bicyclic) bond motifs is 5. The Morgan fingerprint density at radius 1 is 0.830 bits per heavy atom. The van der Waals surface area contributed by atoms with E-state index in [1.165, 1.54) is 17.0 Å². The van der Waals surface area contributed by atoms with Crippen molar-refractivity contribution in [3.8, 4) is 5.75 Å². The maximum absolute atomic E-state index is 14.6. The molecule has 2 heterocycles. The van der Waals surface area contributed by atoms with E-state index in [-0.39, 0.29) is 41.1 Å². The van der Waals surface area contributed by atoms with Crippen LogP contribution in [-0.4, -0.2) is 28.7 Å². The van der Waals surface area contributed by atoms with Gasteiger partial charge in [-0.15, -0.1) is 0 Å². The summed E-state index contributed by atoms with van der Waals surface area (Å²) >= 11 is 12.2. The predicted octanol–water partition coefficient (Wildman–Crippen LogP) is 7.43. The number of anilines is 2. The zero-order valence-electron chi connectivity index (χ0n) is 25.0. The van der Waals surface area contributed by atoms with E-state index in [1.807, 2.05) is 30.3 Å². The number of hydrogen-bond donors (Lipinski definition) is 1. The first-order valence-corrected chi connectivity index (χ1v) is 16.1. The van der Waals surface area contributed by atoms with Crippen molar-refractivity contribution in [1.82, 2.24) is 0 Å². The van der Waals surface area contributed by atoms with Gasteiger partial charge in [-0.1, -0.05) is 71.2 Å². The number of allylic oxidation sites excluding steroid dienone is 2. The normalized spacial score (nSPS) is 28.4. The monoisotopic (exact) mass is 668 g/mol. The Kier molecular flexibility index (Phi) is 6.66. The largest absolute Gasteiger partial charge is 0.507 e. The van der Waals surface area contributed by atoms with Crippen LogP contribution in [0, 0.1) is 34.9 Å².